The zero-order valence-corrected chi connectivity index (χ0v) is 10.7. The van der Waals surface area contributed by atoms with Gasteiger partial charge in [0, 0.05) is 5.70 Å². The van der Waals surface area contributed by atoms with E-state index in [9.17, 15) is 9.36 Å². The first-order valence-electron chi connectivity index (χ1n) is 4.57. The topological polar surface area (TPSA) is 86.6 Å². The fourth-order valence-electron chi connectivity index (χ4n) is 1.57. The molecule has 2 aliphatic rings. The van der Waals surface area contributed by atoms with Crippen LogP contribution in [0.1, 0.15) is 0 Å². The molecule has 0 saturated carbocycles. The lowest BCUT2D eigenvalue weighted by Gasteiger charge is -2.27. The summed E-state index contributed by atoms with van der Waals surface area (Å²) in [5, 5.41) is 2.37. The molecule has 0 saturated heterocycles. The normalized spacial score (nSPS) is 26.8. The van der Waals surface area contributed by atoms with E-state index in [1.807, 2.05) is 0 Å². The number of carbonyl (C=O) groups is 1. The van der Waals surface area contributed by atoms with Crippen LogP contribution in [0.2, 0.25) is 0 Å². The maximum absolute atomic E-state index is 11.5. The van der Waals surface area contributed by atoms with E-state index >= 15 is 0 Å². The number of amides is 1. The molecule has 3 N–H and O–H groups in total. The first-order valence-corrected chi connectivity index (χ1v) is 7.01. The summed E-state index contributed by atoms with van der Waals surface area (Å²) in [7, 11) is -4.51. The Hall–Kier alpha value is -0.580. The molecule has 2 rings (SSSR count). The molecule has 0 aromatic carbocycles. The maximum Gasteiger partial charge on any atom is 0.341 e. The Labute approximate surface area is 107 Å². The molecule has 0 radical (unpaired) electrons. The number of carbonyl (C=O) groups excluding carboxylic acids is 1. The molecule has 8 heteroatoms. The highest BCUT2D eigenvalue weighted by Crippen LogP contribution is 2.45. The summed E-state index contributed by atoms with van der Waals surface area (Å²) in [6, 6.07) is 0. The third-order valence-corrected chi connectivity index (χ3v) is 3.94. The Morgan fingerprint density at radius 1 is 1.41 bits per heavy atom. The number of fused-ring (bicyclic) bond motifs is 1. The molecule has 92 valence electrons. The van der Waals surface area contributed by atoms with Crippen molar-refractivity contribution in [1.82, 2.24) is 5.32 Å². The fourth-order valence-corrected chi connectivity index (χ4v) is 2.64. The minimum Gasteiger partial charge on any atom is -0.325 e. The van der Waals surface area contributed by atoms with Gasteiger partial charge < -0.3 is 15.1 Å². The first-order chi connectivity index (χ1) is 7.69. The van der Waals surface area contributed by atoms with Crippen molar-refractivity contribution >= 4 is 36.7 Å². The lowest BCUT2D eigenvalue weighted by atomic mass is 10.0. The molecule has 0 spiro atoms. The van der Waals surface area contributed by atoms with E-state index in [0.717, 1.165) is 0 Å². The number of allylic oxidation sites excluding steroid dienone is 3. The zero-order chi connectivity index (χ0) is 12.8. The van der Waals surface area contributed by atoms with Gasteiger partial charge in [-0.2, -0.15) is 0 Å². The average Bonchev–Trinajstić information content (AvgIpc) is 2.13. The van der Waals surface area contributed by atoms with E-state index in [1.165, 1.54) is 24.3 Å². The average molecular weight is 296 g/mol. The minimum absolute atomic E-state index is 0.354. The largest absolute Gasteiger partial charge is 0.341 e. The third-order valence-electron chi connectivity index (χ3n) is 2.36. The Bertz CT molecular complexity index is 517. The monoisotopic (exact) mass is 295 g/mol. The van der Waals surface area contributed by atoms with Crippen LogP contribution in [-0.2, 0) is 9.36 Å². The molecule has 1 aliphatic carbocycles. The smallest absolute Gasteiger partial charge is 0.325 e. The van der Waals surface area contributed by atoms with Crippen molar-refractivity contribution in [1.29, 1.82) is 0 Å². The standard InChI is InChI=1S/C9H8Cl2NO4P/c10-9(11)2-1-5-3-7(17(14,15)16)8(13)12-6(5)4-9/h1-4,7H,(H,12,13)(H2,14,15,16). The van der Waals surface area contributed by atoms with Gasteiger partial charge in [-0.25, -0.2) is 0 Å². The van der Waals surface area contributed by atoms with Crippen LogP contribution in [0.4, 0.5) is 0 Å². The van der Waals surface area contributed by atoms with Crippen molar-refractivity contribution in [3.63, 3.8) is 0 Å². The van der Waals surface area contributed by atoms with Crippen LogP contribution < -0.4 is 5.32 Å². The van der Waals surface area contributed by atoms with Gasteiger partial charge in [-0.05, 0) is 17.7 Å². The van der Waals surface area contributed by atoms with Crippen molar-refractivity contribution in [3.8, 4) is 0 Å². The predicted molar refractivity (Wildman–Crippen MR) is 63.7 cm³/mol. The maximum atomic E-state index is 11.5. The molecule has 1 aliphatic heterocycles. The highest BCUT2D eigenvalue weighted by molar-refractivity contribution is 7.54. The summed E-state index contributed by atoms with van der Waals surface area (Å²) >= 11 is 11.7. The van der Waals surface area contributed by atoms with E-state index in [1.54, 1.807) is 0 Å². The van der Waals surface area contributed by atoms with E-state index in [4.69, 9.17) is 33.0 Å². The fraction of sp³-hybridized carbons (Fsp3) is 0.222. The second kappa shape index (κ2) is 3.97. The van der Waals surface area contributed by atoms with Crippen LogP contribution >= 0.6 is 30.8 Å². The number of rotatable bonds is 1. The van der Waals surface area contributed by atoms with Gasteiger partial charge in [0.05, 0.1) is 0 Å². The summed E-state index contributed by atoms with van der Waals surface area (Å²) in [6.45, 7) is 0. The van der Waals surface area contributed by atoms with E-state index in [0.29, 0.717) is 11.3 Å². The van der Waals surface area contributed by atoms with Crippen molar-refractivity contribution in [2.24, 2.45) is 0 Å². The summed E-state index contributed by atoms with van der Waals surface area (Å²) in [4.78, 5) is 29.5. The highest BCUT2D eigenvalue weighted by atomic mass is 35.5. The van der Waals surface area contributed by atoms with Crippen molar-refractivity contribution < 1.29 is 19.1 Å². The third kappa shape index (κ3) is 2.64. The zero-order valence-electron chi connectivity index (χ0n) is 8.30. The molecule has 17 heavy (non-hydrogen) atoms. The van der Waals surface area contributed by atoms with Gasteiger partial charge in [-0.15, -0.1) is 0 Å². The molecule has 5 nitrogen and oxygen atoms in total. The number of hydrogen-bond acceptors (Lipinski definition) is 2. The van der Waals surface area contributed by atoms with Crippen molar-refractivity contribution in [2.75, 3.05) is 0 Å². The van der Waals surface area contributed by atoms with Gasteiger partial charge in [-0.1, -0.05) is 35.4 Å². The molecular formula is C9H8Cl2NO4P. The van der Waals surface area contributed by atoms with Gasteiger partial charge in [0.25, 0.3) is 0 Å². The molecule has 0 fully saturated rings. The molecule has 0 aromatic rings. The minimum atomic E-state index is -4.51. The molecule has 1 unspecified atom stereocenters. The lowest BCUT2D eigenvalue weighted by Crippen LogP contribution is -2.38. The molecule has 1 atom stereocenters. The van der Waals surface area contributed by atoms with E-state index < -0.39 is 23.5 Å². The number of nitrogens with one attached hydrogen (secondary N) is 1. The predicted octanol–water partition coefficient (Wildman–Crippen LogP) is 1.22. The Morgan fingerprint density at radius 3 is 2.65 bits per heavy atom. The van der Waals surface area contributed by atoms with Crippen LogP contribution in [0.15, 0.2) is 35.6 Å². The Morgan fingerprint density at radius 2 is 2.06 bits per heavy atom. The van der Waals surface area contributed by atoms with Crippen LogP contribution in [-0.4, -0.2) is 25.7 Å². The second-order valence-corrected chi connectivity index (χ2v) is 6.89. The highest BCUT2D eigenvalue weighted by Gasteiger charge is 2.39. The molecular weight excluding hydrogens is 288 g/mol. The summed E-state index contributed by atoms with van der Waals surface area (Å²) in [5.41, 5.74) is -0.639. The van der Waals surface area contributed by atoms with Gasteiger partial charge in [0.15, 0.2) is 9.99 Å². The summed E-state index contributed by atoms with van der Waals surface area (Å²) < 4.78 is 9.86. The number of halogens is 2. The van der Waals surface area contributed by atoms with Gasteiger partial charge in [-0.3, -0.25) is 9.36 Å². The first kappa shape index (κ1) is 12.9. The molecule has 0 aromatic heterocycles. The van der Waals surface area contributed by atoms with E-state index in [-0.39, 0.29) is 0 Å². The number of hydrogen-bond donors (Lipinski definition) is 3. The van der Waals surface area contributed by atoms with E-state index in [2.05, 4.69) is 5.32 Å². The lowest BCUT2D eigenvalue weighted by molar-refractivity contribution is -0.119. The summed E-state index contributed by atoms with van der Waals surface area (Å²) in [6.07, 6.45) is 5.58. The van der Waals surface area contributed by atoms with Crippen LogP contribution in [0.25, 0.3) is 0 Å². The molecule has 1 amide bonds. The van der Waals surface area contributed by atoms with Gasteiger partial charge in [0.1, 0.15) is 0 Å². The van der Waals surface area contributed by atoms with Crippen molar-refractivity contribution in [2.45, 2.75) is 9.99 Å². The summed E-state index contributed by atoms with van der Waals surface area (Å²) in [5.74, 6) is -0.771. The van der Waals surface area contributed by atoms with Crippen LogP contribution in [0.5, 0.6) is 0 Å². The van der Waals surface area contributed by atoms with Gasteiger partial charge in [0.2, 0.25) is 5.91 Å². The molecule has 0 bridgehead atoms. The quantitative estimate of drug-likeness (QED) is 0.501. The Kier molecular flexibility index (Phi) is 3.00. The van der Waals surface area contributed by atoms with Crippen LogP contribution in [0, 0.1) is 0 Å². The Balaban J connectivity index is 2.44. The van der Waals surface area contributed by atoms with Crippen LogP contribution in [0.3, 0.4) is 0 Å². The van der Waals surface area contributed by atoms with Gasteiger partial charge >= 0.3 is 7.60 Å². The second-order valence-electron chi connectivity index (χ2n) is 3.71. The SMILES string of the molecule is O=C1NC2=CC(Cl)(Cl)C=CC2=CC1P(=O)(O)O. The number of alkyl halides is 2. The van der Waals surface area contributed by atoms with Crippen molar-refractivity contribution in [3.05, 3.63) is 35.6 Å². The molecule has 1 heterocycles.